The van der Waals surface area contributed by atoms with Gasteiger partial charge in [0.2, 0.25) is 0 Å². The predicted octanol–water partition coefficient (Wildman–Crippen LogP) is 4.94. The molecule has 1 N–H and O–H groups in total. The van der Waals surface area contributed by atoms with E-state index in [1.54, 1.807) is 0 Å². The van der Waals surface area contributed by atoms with E-state index in [1.807, 2.05) is 0 Å². The van der Waals surface area contributed by atoms with E-state index in [4.69, 9.17) is 0 Å². The SMILES string of the molecule is CCCCCCC(C)CNCC1CCN(CCC#CC(C)C)CC1. The molecule has 2 heteroatoms. The Balaban J connectivity index is 2.00. The number of piperidine rings is 1. The lowest BCUT2D eigenvalue weighted by atomic mass is 9.96. The van der Waals surface area contributed by atoms with Crippen LogP contribution in [0.2, 0.25) is 0 Å². The second-order valence-electron chi connectivity index (χ2n) is 8.12. The maximum atomic E-state index is 3.73. The summed E-state index contributed by atoms with van der Waals surface area (Å²) in [7, 11) is 0. The molecule has 0 aliphatic carbocycles. The molecule has 1 saturated heterocycles. The van der Waals surface area contributed by atoms with Gasteiger partial charge in [-0.3, -0.25) is 0 Å². The fraction of sp³-hybridized carbons (Fsp3) is 0.909. The van der Waals surface area contributed by atoms with Crippen molar-refractivity contribution in [3.8, 4) is 11.8 Å². The summed E-state index contributed by atoms with van der Waals surface area (Å²) in [5, 5.41) is 3.73. The molecule has 0 bridgehead atoms. The predicted molar refractivity (Wildman–Crippen MR) is 107 cm³/mol. The summed E-state index contributed by atoms with van der Waals surface area (Å²) >= 11 is 0. The molecule has 1 rings (SSSR count). The first-order valence-corrected chi connectivity index (χ1v) is 10.5. The molecule has 1 fully saturated rings. The first-order chi connectivity index (χ1) is 11.6. The van der Waals surface area contributed by atoms with Gasteiger partial charge in [-0.2, -0.15) is 0 Å². The van der Waals surface area contributed by atoms with Crippen molar-refractivity contribution < 1.29 is 0 Å². The van der Waals surface area contributed by atoms with E-state index < -0.39 is 0 Å². The van der Waals surface area contributed by atoms with E-state index in [1.165, 1.54) is 71.1 Å². The monoisotopic (exact) mass is 334 g/mol. The number of rotatable bonds is 11. The standard InChI is InChI=1S/C22H42N2/c1-5-6-7-8-12-21(4)18-23-19-22-13-16-24(17-14-22)15-10-9-11-20(2)3/h20-23H,5-8,10,12-19H2,1-4H3. The Kier molecular flexibility index (Phi) is 12.3. The van der Waals surface area contributed by atoms with Crippen molar-refractivity contribution in [1.29, 1.82) is 0 Å². The number of nitrogens with one attached hydrogen (secondary N) is 1. The van der Waals surface area contributed by atoms with Crippen LogP contribution in [0, 0.1) is 29.6 Å². The lowest BCUT2D eigenvalue weighted by Gasteiger charge is -2.31. The maximum Gasteiger partial charge on any atom is 0.0217 e. The topological polar surface area (TPSA) is 15.3 Å². The Labute approximate surface area is 152 Å². The zero-order valence-corrected chi connectivity index (χ0v) is 16.9. The Morgan fingerprint density at radius 2 is 1.83 bits per heavy atom. The highest BCUT2D eigenvalue weighted by atomic mass is 15.1. The van der Waals surface area contributed by atoms with Gasteiger partial charge in [0.05, 0.1) is 0 Å². The van der Waals surface area contributed by atoms with Gasteiger partial charge in [-0.25, -0.2) is 0 Å². The molecule has 0 aromatic rings. The molecule has 0 spiro atoms. The second kappa shape index (κ2) is 13.7. The molecule has 140 valence electrons. The van der Waals surface area contributed by atoms with Gasteiger partial charge in [0, 0.05) is 18.9 Å². The number of nitrogens with zero attached hydrogens (tertiary/aromatic N) is 1. The summed E-state index contributed by atoms with van der Waals surface area (Å²) in [6.07, 6.45) is 10.7. The van der Waals surface area contributed by atoms with Crippen LogP contribution in [0.1, 0.15) is 79.1 Å². The molecule has 24 heavy (non-hydrogen) atoms. The van der Waals surface area contributed by atoms with E-state index in [-0.39, 0.29) is 0 Å². The Morgan fingerprint density at radius 1 is 1.08 bits per heavy atom. The first-order valence-electron chi connectivity index (χ1n) is 10.5. The van der Waals surface area contributed by atoms with Crippen LogP contribution < -0.4 is 5.32 Å². The molecule has 2 nitrogen and oxygen atoms in total. The van der Waals surface area contributed by atoms with E-state index in [0.29, 0.717) is 5.92 Å². The van der Waals surface area contributed by atoms with Crippen LogP contribution in [-0.2, 0) is 0 Å². The first kappa shape index (κ1) is 21.5. The van der Waals surface area contributed by atoms with Crippen molar-refractivity contribution in [3.05, 3.63) is 0 Å². The lowest BCUT2D eigenvalue weighted by molar-refractivity contribution is 0.185. The van der Waals surface area contributed by atoms with Gasteiger partial charge in [-0.1, -0.05) is 53.4 Å². The van der Waals surface area contributed by atoms with Crippen LogP contribution in [0.4, 0.5) is 0 Å². The summed E-state index contributed by atoms with van der Waals surface area (Å²) in [5.74, 6) is 8.81. The highest BCUT2D eigenvalue weighted by Crippen LogP contribution is 2.17. The van der Waals surface area contributed by atoms with Crippen molar-refractivity contribution in [2.24, 2.45) is 17.8 Å². The second-order valence-corrected chi connectivity index (χ2v) is 8.12. The molecule has 1 aliphatic heterocycles. The molecule has 0 aromatic carbocycles. The molecule has 0 saturated carbocycles. The molecule has 1 aliphatic rings. The summed E-state index contributed by atoms with van der Waals surface area (Å²) < 4.78 is 0. The Bertz CT molecular complexity index is 345. The van der Waals surface area contributed by atoms with Crippen LogP contribution >= 0.6 is 0 Å². The third kappa shape index (κ3) is 11.1. The average Bonchev–Trinajstić information content (AvgIpc) is 2.57. The molecular weight excluding hydrogens is 292 g/mol. The van der Waals surface area contributed by atoms with E-state index in [2.05, 4.69) is 49.8 Å². The minimum Gasteiger partial charge on any atom is -0.316 e. The van der Waals surface area contributed by atoms with Crippen molar-refractivity contribution >= 4 is 0 Å². The quantitative estimate of drug-likeness (QED) is 0.425. The van der Waals surface area contributed by atoms with Gasteiger partial charge in [-0.05, 0) is 57.3 Å². The van der Waals surface area contributed by atoms with Gasteiger partial charge in [0.1, 0.15) is 0 Å². The number of likely N-dealkylation sites (tertiary alicyclic amines) is 1. The zero-order chi connectivity index (χ0) is 17.6. The normalized spacial score (nSPS) is 17.7. The number of hydrogen-bond acceptors (Lipinski definition) is 2. The van der Waals surface area contributed by atoms with E-state index in [9.17, 15) is 0 Å². The van der Waals surface area contributed by atoms with Crippen LogP contribution in [0.3, 0.4) is 0 Å². The Hall–Kier alpha value is -0.520. The van der Waals surface area contributed by atoms with Crippen LogP contribution in [-0.4, -0.2) is 37.6 Å². The van der Waals surface area contributed by atoms with Crippen molar-refractivity contribution in [2.75, 3.05) is 32.7 Å². The van der Waals surface area contributed by atoms with Gasteiger partial charge >= 0.3 is 0 Å². The third-order valence-electron chi connectivity index (χ3n) is 5.13. The molecule has 0 radical (unpaired) electrons. The minimum absolute atomic E-state index is 0.510. The largest absolute Gasteiger partial charge is 0.316 e. The van der Waals surface area contributed by atoms with Crippen LogP contribution in [0.15, 0.2) is 0 Å². The van der Waals surface area contributed by atoms with Gasteiger partial charge in [0.15, 0.2) is 0 Å². The molecule has 1 unspecified atom stereocenters. The van der Waals surface area contributed by atoms with Gasteiger partial charge < -0.3 is 10.2 Å². The summed E-state index contributed by atoms with van der Waals surface area (Å²) in [6, 6.07) is 0. The molecule has 0 aromatic heterocycles. The molecule has 1 heterocycles. The highest BCUT2D eigenvalue weighted by molar-refractivity contribution is 5.01. The smallest absolute Gasteiger partial charge is 0.0217 e. The lowest BCUT2D eigenvalue weighted by Crippen LogP contribution is -2.38. The van der Waals surface area contributed by atoms with Crippen molar-refractivity contribution in [1.82, 2.24) is 10.2 Å². The van der Waals surface area contributed by atoms with Crippen LogP contribution in [0.25, 0.3) is 0 Å². The Morgan fingerprint density at radius 3 is 2.50 bits per heavy atom. The summed E-state index contributed by atoms with van der Waals surface area (Å²) in [4.78, 5) is 2.60. The fourth-order valence-corrected chi connectivity index (χ4v) is 3.46. The molecule has 0 amide bonds. The zero-order valence-electron chi connectivity index (χ0n) is 16.9. The summed E-state index contributed by atoms with van der Waals surface area (Å²) in [6.45, 7) is 15.1. The van der Waals surface area contributed by atoms with Crippen LogP contribution in [0.5, 0.6) is 0 Å². The maximum absolute atomic E-state index is 3.73. The third-order valence-corrected chi connectivity index (χ3v) is 5.13. The highest BCUT2D eigenvalue weighted by Gasteiger charge is 2.18. The van der Waals surface area contributed by atoms with Crippen molar-refractivity contribution in [2.45, 2.75) is 79.1 Å². The minimum atomic E-state index is 0.510. The fourth-order valence-electron chi connectivity index (χ4n) is 3.46. The average molecular weight is 335 g/mol. The molecular formula is C22H42N2. The van der Waals surface area contributed by atoms with Gasteiger partial charge in [-0.15, -0.1) is 11.8 Å². The van der Waals surface area contributed by atoms with E-state index >= 15 is 0 Å². The van der Waals surface area contributed by atoms with Crippen molar-refractivity contribution in [3.63, 3.8) is 0 Å². The molecule has 1 atom stereocenters. The van der Waals surface area contributed by atoms with E-state index in [0.717, 1.165) is 24.8 Å². The summed E-state index contributed by atoms with van der Waals surface area (Å²) in [5.41, 5.74) is 0. The van der Waals surface area contributed by atoms with Gasteiger partial charge in [0.25, 0.3) is 0 Å². The number of hydrogen-bond donors (Lipinski definition) is 1. The number of unbranched alkanes of at least 4 members (excludes halogenated alkanes) is 3.